The Morgan fingerprint density at radius 2 is 1.74 bits per heavy atom. The van der Waals surface area contributed by atoms with Crippen LogP contribution in [-0.2, 0) is 24.1 Å². The van der Waals surface area contributed by atoms with Crippen LogP contribution in [0.4, 0.5) is 5.69 Å². The molecule has 3 aromatic carbocycles. The summed E-state index contributed by atoms with van der Waals surface area (Å²) >= 11 is 0. The summed E-state index contributed by atoms with van der Waals surface area (Å²) in [6.45, 7) is 2.06. The molecule has 35 heavy (non-hydrogen) atoms. The highest BCUT2D eigenvalue weighted by molar-refractivity contribution is 5.97. The Balaban J connectivity index is 1.18. The van der Waals surface area contributed by atoms with Gasteiger partial charge in [-0.1, -0.05) is 30.3 Å². The van der Waals surface area contributed by atoms with Crippen LogP contribution >= 0.6 is 0 Å². The molecule has 0 radical (unpaired) electrons. The van der Waals surface area contributed by atoms with Crippen molar-refractivity contribution in [2.75, 3.05) is 11.9 Å². The summed E-state index contributed by atoms with van der Waals surface area (Å²) in [7, 11) is 0. The van der Waals surface area contributed by atoms with E-state index in [2.05, 4.69) is 37.7 Å². The lowest BCUT2D eigenvalue weighted by molar-refractivity contribution is -0.114. The molecule has 0 saturated carbocycles. The molecule has 2 amide bonds. The molecule has 7 heteroatoms. The van der Waals surface area contributed by atoms with Gasteiger partial charge in [-0.25, -0.2) is 4.98 Å². The van der Waals surface area contributed by atoms with E-state index in [1.165, 1.54) is 17.9 Å². The number of benzene rings is 3. The van der Waals surface area contributed by atoms with Crippen molar-refractivity contribution in [1.82, 2.24) is 20.3 Å². The number of H-pyrrole nitrogens is 2. The Morgan fingerprint density at radius 3 is 2.57 bits per heavy atom. The van der Waals surface area contributed by atoms with Gasteiger partial charge in [-0.3, -0.25) is 9.59 Å². The van der Waals surface area contributed by atoms with Crippen LogP contribution < -0.4 is 10.6 Å². The van der Waals surface area contributed by atoms with Gasteiger partial charge in [-0.2, -0.15) is 0 Å². The molecular formula is C28H27N5O2. The molecule has 0 aliphatic heterocycles. The Labute approximate surface area is 203 Å². The van der Waals surface area contributed by atoms with E-state index in [0.29, 0.717) is 12.1 Å². The van der Waals surface area contributed by atoms with Gasteiger partial charge in [-0.05, 0) is 60.4 Å². The molecule has 5 rings (SSSR count). The van der Waals surface area contributed by atoms with Crippen LogP contribution in [0.15, 0.2) is 72.9 Å². The van der Waals surface area contributed by atoms with Gasteiger partial charge in [0.15, 0.2) is 0 Å². The molecule has 0 atom stereocenters. The van der Waals surface area contributed by atoms with Gasteiger partial charge in [0.2, 0.25) is 5.91 Å². The molecule has 7 nitrogen and oxygen atoms in total. The average molecular weight is 466 g/mol. The third-order valence-corrected chi connectivity index (χ3v) is 6.07. The number of imidazole rings is 1. The quantitative estimate of drug-likeness (QED) is 0.266. The zero-order valence-corrected chi connectivity index (χ0v) is 19.5. The second kappa shape index (κ2) is 9.85. The van der Waals surface area contributed by atoms with Crippen LogP contribution in [0.1, 0.15) is 34.2 Å². The zero-order valence-electron chi connectivity index (χ0n) is 19.5. The zero-order chi connectivity index (χ0) is 24.2. The average Bonchev–Trinajstić information content (AvgIpc) is 3.46. The van der Waals surface area contributed by atoms with E-state index in [9.17, 15) is 9.59 Å². The molecule has 0 unspecified atom stereocenters. The van der Waals surface area contributed by atoms with Crippen molar-refractivity contribution < 1.29 is 9.59 Å². The number of aryl methyl sites for hydroxylation is 2. The van der Waals surface area contributed by atoms with Gasteiger partial charge in [0, 0.05) is 48.2 Å². The molecule has 5 aromatic rings. The predicted octanol–water partition coefficient (Wildman–Crippen LogP) is 4.76. The molecule has 2 heterocycles. The molecule has 0 aliphatic rings. The highest BCUT2D eigenvalue weighted by Gasteiger charge is 2.10. The normalized spacial score (nSPS) is 11.1. The fourth-order valence-electron chi connectivity index (χ4n) is 4.29. The van der Waals surface area contributed by atoms with Gasteiger partial charge in [0.05, 0.1) is 11.0 Å². The molecule has 0 aliphatic carbocycles. The summed E-state index contributed by atoms with van der Waals surface area (Å²) in [6.07, 6.45) is 4.34. The standard InChI is InChI=1S/C28H27N5O2/c1-18(34)31-22-10-6-19(7-11-22)8-13-27-32-25-12-9-20(16-26(25)33-27)28(35)29-15-14-21-17-30-24-5-3-2-4-23(21)24/h2-7,9-12,16-17,30H,8,13-15H2,1H3,(H,29,35)(H,31,34)(H,32,33). The lowest BCUT2D eigenvalue weighted by Crippen LogP contribution is -2.25. The third-order valence-electron chi connectivity index (χ3n) is 6.07. The molecule has 0 bridgehead atoms. The maximum absolute atomic E-state index is 12.7. The predicted molar refractivity (Wildman–Crippen MR) is 139 cm³/mol. The Hall–Kier alpha value is -4.39. The van der Waals surface area contributed by atoms with Crippen LogP contribution in [-0.4, -0.2) is 33.3 Å². The van der Waals surface area contributed by atoms with E-state index >= 15 is 0 Å². The van der Waals surface area contributed by atoms with E-state index < -0.39 is 0 Å². The lowest BCUT2D eigenvalue weighted by Gasteiger charge is -2.05. The number of aromatic nitrogens is 3. The monoisotopic (exact) mass is 465 g/mol. The highest BCUT2D eigenvalue weighted by atomic mass is 16.2. The van der Waals surface area contributed by atoms with E-state index in [0.717, 1.165) is 52.9 Å². The molecular weight excluding hydrogens is 438 g/mol. The largest absolute Gasteiger partial charge is 0.361 e. The van der Waals surface area contributed by atoms with Gasteiger partial charge >= 0.3 is 0 Å². The van der Waals surface area contributed by atoms with Crippen molar-refractivity contribution in [2.45, 2.75) is 26.2 Å². The minimum absolute atomic E-state index is 0.0811. The van der Waals surface area contributed by atoms with Gasteiger partial charge in [-0.15, -0.1) is 0 Å². The molecule has 176 valence electrons. The van der Waals surface area contributed by atoms with Gasteiger partial charge in [0.25, 0.3) is 5.91 Å². The minimum Gasteiger partial charge on any atom is -0.361 e. The number of hydrogen-bond donors (Lipinski definition) is 4. The fraction of sp³-hybridized carbons (Fsp3) is 0.179. The number of nitrogens with zero attached hydrogens (tertiary/aromatic N) is 1. The number of nitrogens with one attached hydrogen (secondary N) is 4. The summed E-state index contributed by atoms with van der Waals surface area (Å²) in [6, 6.07) is 21.5. The maximum atomic E-state index is 12.7. The van der Waals surface area contributed by atoms with Crippen molar-refractivity contribution >= 4 is 39.4 Å². The SMILES string of the molecule is CC(=O)Nc1ccc(CCc2nc3ccc(C(=O)NCCc4c[nH]c5ccccc45)cc3[nH]2)cc1. The van der Waals surface area contributed by atoms with E-state index in [1.807, 2.05) is 60.8 Å². The maximum Gasteiger partial charge on any atom is 0.251 e. The van der Waals surface area contributed by atoms with Crippen LogP contribution in [0.3, 0.4) is 0 Å². The molecule has 2 aromatic heterocycles. The molecule has 0 fully saturated rings. The van der Waals surface area contributed by atoms with Crippen LogP contribution in [0.25, 0.3) is 21.9 Å². The number of aromatic amines is 2. The number of para-hydroxylation sites is 1. The van der Waals surface area contributed by atoms with Crippen molar-refractivity contribution in [2.24, 2.45) is 0 Å². The Kier molecular flexibility index (Phi) is 6.30. The van der Waals surface area contributed by atoms with Crippen LogP contribution in [0.5, 0.6) is 0 Å². The first-order chi connectivity index (χ1) is 17.0. The number of amides is 2. The smallest absolute Gasteiger partial charge is 0.251 e. The molecule has 0 saturated heterocycles. The molecule has 4 N–H and O–H groups in total. The Morgan fingerprint density at radius 1 is 0.914 bits per heavy atom. The second-order valence-corrected chi connectivity index (χ2v) is 8.66. The van der Waals surface area contributed by atoms with Gasteiger partial charge in [0.1, 0.15) is 5.82 Å². The number of hydrogen-bond acceptors (Lipinski definition) is 3. The number of carbonyl (C=O) groups excluding carboxylic acids is 2. The highest BCUT2D eigenvalue weighted by Crippen LogP contribution is 2.19. The van der Waals surface area contributed by atoms with Gasteiger partial charge < -0.3 is 20.6 Å². The molecule has 0 spiro atoms. The van der Waals surface area contributed by atoms with Crippen LogP contribution in [0, 0.1) is 0 Å². The Bertz CT molecular complexity index is 1500. The summed E-state index contributed by atoms with van der Waals surface area (Å²) in [5, 5.41) is 6.99. The first-order valence-corrected chi connectivity index (χ1v) is 11.7. The van der Waals surface area contributed by atoms with Crippen molar-refractivity contribution in [3.05, 3.63) is 95.4 Å². The summed E-state index contributed by atoms with van der Waals surface area (Å²) in [5.41, 5.74) is 6.56. The van der Waals surface area contributed by atoms with E-state index in [-0.39, 0.29) is 11.8 Å². The lowest BCUT2D eigenvalue weighted by atomic mass is 10.1. The van der Waals surface area contributed by atoms with Crippen molar-refractivity contribution in [3.8, 4) is 0 Å². The number of anilines is 1. The second-order valence-electron chi connectivity index (χ2n) is 8.66. The van der Waals surface area contributed by atoms with E-state index in [1.54, 1.807) is 0 Å². The third kappa shape index (κ3) is 5.24. The number of fused-ring (bicyclic) bond motifs is 2. The van der Waals surface area contributed by atoms with E-state index in [4.69, 9.17) is 0 Å². The fourth-order valence-corrected chi connectivity index (χ4v) is 4.29. The van der Waals surface area contributed by atoms with Crippen molar-refractivity contribution in [1.29, 1.82) is 0 Å². The summed E-state index contributed by atoms with van der Waals surface area (Å²) in [4.78, 5) is 35.1. The number of carbonyl (C=O) groups is 2. The summed E-state index contributed by atoms with van der Waals surface area (Å²) in [5.74, 6) is 0.701. The summed E-state index contributed by atoms with van der Waals surface area (Å²) < 4.78 is 0. The minimum atomic E-state index is -0.0952. The first kappa shape index (κ1) is 22.4. The van der Waals surface area contributed by atoms with Crippen molar-refractivity contribution in [3.63, 3.8) is 0 Å². The van der Waals surface area contributed by atoms with Crippen LogP contribution in [0.2, 0.25) is 0 Å². The number of rotatable bonds is 8. The first-order valence-electron chi connectivity index (χ1n) is 11.7. The topological polar surface area (TPSA) is 103 Å².